The summed E-state index contributed by atoms with van der Waals surface area (Å²) < 4.78 is 10.4. The van der Waals surface area contributed by atoms with Gasteiger partial charge in [-0.2, -0.15) is 4.98 Å². The lowest BCUT2D eigenvalue weighted by atomic mass is 10.1. The normalized spacial score (nSPS) is 17.9. The molecule has 1 aliphatic rings. The smallest absolute Gasteiger partial charge is 0.293 e. The zero-order valence-electron chi connectivity index (χ0n) is 12.0. The van der Waals surface area contributed by atoms with Crippen molar-refractivity contribution < 1.29 is 13.7 Å². The maximum atomic E-state index is 12.3. The lowest BCUT2D eigenvalue weighted by Gasteiger charge is -2.16. The lowest BCUT2D eigenvalue weighted by Crippen LogP contribution is -2.24. The third kappa shape index (κ3) is 2.61. The first kappa shape index (κ1) is 14.0. The minimum atomic E-state index is -0.117. The molecular formula is C16H12ClN3O3. The minimum absolute atomic E-state index is 0.0154. The molecule has 3 aromatic rings. The zero-order valence-corrected chi connectivity index (χ0v) is 12.7. The van der Waals surface area contributed by atoms with E-state index in [4.69, 9.17) is 20.5 Å². The van der Waals surface area contributed by atoms with Gasteiger partial charge in [-0.1, -0.05) is 22.8 Å². The summed E-state index contributed by atoms with van der Waals surface area (Å²) in [5.41, 5.74) is 0.778. The van der Waals surface area contributed by atoms with Crippen LogP contribution in [0.4, 0.5) is 5.69 Å². The summed E-state index contributed by atoms with van der Waals surface area (Å²) in [5, 5.41) is 4.58. The fourth-order valence-electron chi connectivity index (χ4n) is 2.68. The third-order valence-corrected chi connectivity index (χ3v) is 4.02. The van der Waals surface area contributed by atoms with Crippen molar-refractivity contribution in [2.24, 2.45) is 0 Å². The summed E-state index contributed by atoms with van der Waals surface area (Å²) in [6.45, 7) is 0.496. The van der Waals surface area contributed by atoms with Crippen LogP contribution >= 0.6 is 11.6 Å². The van der Waals surface area contributed by atoms with E-state index in [9.17, 15) is 4.79 Å². The quantitative estimate of drug-likeness (QED) is 0.735. The van der Waals surface area contributed by atoms with Gasteiger partial charge in [-0.15, -0.1) is 0 Å². The molecule has 1 atom stereocenters. The van der Waals surface area contributed by atoms with E-state index in [-0.39, 0.29) is 11.8 Å². The van der Waals surface area contributed by atoms with E-state index >= 15 is 0 Å². The second-order valence-corrected chi connectivity index (χ2v) is 5.76. The van der Waals surface area contributed by atoms with Crippen LogP contribution in [-0.2, 0) is 4.79 Å². The topological polar surface area (TPSA) is 72.4 Å². The molecule has 6 nitrogen and oxygen atoms in total. The number of carbonyl (C=O) groups is 1. The Morgan fingerprint density at radius 3 is 2.96 bits per heavy atom. The summed E-state index contributed by atoms with van der Waals surface area (Å²) >= 11 is 6.00. The lowest BCUT2D eigenvalue weighted by molar-refractivity contribution is -0.117. The number of rotatable bonds is 3. The van der Waals surface area contributed by atoms with Crippen LogP contribution in [0.5, 0.6) is 0 Å². The molecule has 1 aromatic carbocycles. The molecule has 0 bridgehead atoms. The molecule has 1 fully saturated rings. The van der Waals surface area contributed by atoms with Crippen molar-refractivity contribution >= 4 is 23.2 Å². The van der Waals surface area contributed by atoms with E-state index in [1.807, 2.05) is 12.1 Å². The van der Waals surface area contributed by atoms with Gasteiger partial charge in [-0.25, -0.2) is 0 Å². The first-order valence-electron chi connectivity index (χ1n) is 7.14. The molecule has 4 rings (SSSR count). The van der Waals surface area contributed by atoms with Gasteiger partial charge in [0.05, 0.1) is 6.26 Å². The molecule has 1 saturated heterocycles. The Hall–Kier alpha value is -2.60. The number of anilines is 1. The van der Waals surface area contributed by atoms with E-state index in [1.165, 1.54) is 0 Å². The molecular weight excluding hydrogens is 318 g/mol. The Morgan fingerprint density at radius 2 is 2.17 bits per heavy atom. The number of furan rings is 1. The zero-order chi connectivity index (χ0) is 15.8. The molecule has 1 amide bonds. The Labute approximate surface area is 136 Å². The predicted molar refractivity (Wildman–Crippen MR) is 83.2 cm³/mol. The fraction of sp³-hybridized carbons (Fsp3) is 0.188. The molecule has 2 aromatic heterocycles. The molecule has 0 spiro atoms. The number of benzene rings is 1. The van der Waals surface area contributed by atoms with Crippen LogP contribution in [0.2, 0.25) is 5.02 Å². The van der Waals surface area contributed by atoms with Gasteiger partial charge in [0.25, 0.3) is 5.89 Å². The van der Waals surface area contributed by atoms with Gasteiger partial charge in [-0.05, 0) is 30.3 Å². The molecule has 0 aliphatic carbocycles. The highest BCUT2D eigenvalue weighted by Crippen LogP contribution is 2.32. The average molecular weight is 330 g/mol. The summed E-state index contributed by atoms with van der Waals surface area (Å²) in [6, 6.07) is 10.7. The highest BCUT2D eigenvalue weighted by molar-refractivity contribution is 6.30. The maximum absolute atomic E-state index is 12.3. The number of halogens is 1. The maximum Gasteiger partial charge on any atom is 0.293 e. The minimum Gasteiger partial charge on any atom is -0.459 e. The van der Waals surface area contributed by atoms with Crippen LogP contribution < -0.4 is 4.90 Å². The van der Waals surface area contributed by atoms with Gasteiger partial charge in [0, 0.05) is 29.6 Å². The van der Waals surface area contributed by atoms with Gasteiger partial charge in [0.2, 0.25) is 5.91 Å². The van der Waals surface area contributed by atoms with Crippen molar-refractivity contribution in [1.82, 2.24) is 10.1 Å². The summed E-state index contributed by atoms with van der Waals surface area (Å²) in [7, 11) is 0. The largest absolute Gasteiger partial charge is 0.459 e. The second-order valence-electron chi connectivity index (χ2n) is 5.32. The summed E-state index contributed by atoms with van der Waals surface area (Å²) in [6.07, 6.45) is 1.88. The first-order valence-corrected chi connectivity index (χ1v) is 7.52. The summed E-state index contributed by atoms with van der Waals surface area (Å²) in [5.74, 6) is 1.24. The Kier molecular flexibility index (Phi) is 3.38. The monoisotopic (exact) mass is 329 g/mol. The predicted octanol–water partition coefficient (Wildman–Crippen LogP) is 3.50. The highest BCUT2D eigenvalue weighted by atomic mass is 35.5. The van der Waals surface area contributed by atoms with Crippen molar-refractivity contribution in [1.29, 1.82) is 0 Å². The van der Waals surface area contributed by atoms with Crippen molar-refractivity contribution in [2.75, 3.05) is 11.4 Å². The number of carbonyl (C=O) groups excluding carboxylic acids is 1. The van der Waals surface area contributed by atoms with Crippen molar-refractivity contribution in [2.45, 2.75) is 12.3 Å². The van der Waals surface area contributed by atoms with E-state index in [1.54, 1.807) is 35.4 Å². The number of amides is 1. The van der Waals surface area contributed by atoms with Gasteiger partial charge in [0.1, 0.15) is 0 Å². The number of hydrogen-bond acceptors (Lipinski definition) is 5. The van der Waals surface area contributed by atoms with Crippen LogP contribution in [0.1, 0.15) is 18.2 Å². The molecule has 0 saturated carbocycles. The van der Waals surface area contributed by atoms with Crippen LogP contribution in [0.15, 0.2) is 51.6 Å². The molecule has 1 aliphatic heterocycles. The van der Waals surface area contributed by atoms with E-state index in [2.05, 4.69) is 10.1 Å². The number of hydrogen-bond donors (Lipinski definition) is 0. The third-order valence-electron chi connectivity index (χ3n) is 3.78. The van der Waals surface area contributed by atoms with Crippen LogP contribution in [0, 0.1) is 0 Å². The molecule has 7 heteroatoms. The number of nitrogens with zero attached hydrogens (tertiary/aromatic N) is 3. The van der Waals surface area contributed by atoms with Gasteiger partial charge in [0.15, 0.2) is 11.6 Å². The molecule has 23 heavy (non-hydrogen) atoms. The van der Waals surface area contributed by atoms with Gasteiger partial charge >= 0.3 is 0 Å². The average Bonchev–Trinajstić information content (AvgIpc) is 3.27. The van der Waals surface area contributed by atoms with E-state index in [0.717, 1.165) is 5.69 Å². The van der Waals surface area contributed by atoms with E-state index < -0.39 is 0 Å². The standard InChI is InChI=1S/C16H12ClN3O3/c17-11-3-1-4-12(8-11)20-9-10(7-14(20)21)15-18-16(23-19-15)13-5-2-6-22-13/h1-6,8,10H,7,9H2. The summed E-state index contributed by atoms with van der Waals surface area (Å²) in [4.78, 5) is 18.3. The Bertz CT molecular complexity index is 844. The van der Waals surface area contributed by atoms with Crippen molar-refractivity contribution in [3.63, 3.8) is 0 Å². The molecule has 1 unspecified atom stereocenters. The Morgan fingerprint density at radius 1 is 1.26 bits per heavy atom. The molecule has 0 radical (unpaired) electrons. The van der Waals surface area contributed by atoms with Crippen molar-refractivity contribution in [3.05, 3.63) is 53.5 Å². The molecule has 116 valence electrons. The van der Waals surface area contributed by atoms with E-state index in [0.29, 0.717) is 35.5 Å². The second kappa shape index (κ2) is 5.55. The van der Waals surface area contributed by atoms with Gasteiger partial charge in [-0.3, -0.25) is 4.79 Å². The molecule has 0 N–H and O–H groups in total. The molecule has 3 heterocycles. The van der Waals surface area contributed by atoms with Crippen LogP contribution in [0.25, 0.3) is 11.7 Å². The Balaban J connectivity index is 1.57. The highest BCUT2D eigenvalue weighted by Gasteiger charge is 2.34. The first-order chi connectivity index (χ1) is 11.2. The van der Waals surface area contributed by atoms with Crippen LogP contribution in [-0.4, -0.2) is 22.6 Å². The van der Waals surface area contributed by atoms with Gasteiger partial charge < -0.3 is 13.8 Å². The SMILES string of the molecule is O=C1CC(c2noc(-c3ccco3)n2)CN1c1cccc(Cl)c1. The fourth-order valence-corrected chi connectivity index (χ4v) is 2.86. The van der Waals surface area contributed by atoms with Crippen molar-refractivity contribution in [3.8, 4) is 11.7 Å². The number of aromatic nitrogens is 2. The van der Waals surface area contributed by atoms with Crippen LogP contribution in [0.3, 0.4) is 0 Å².